The number of anilines is 1. The molecule has 0 atom stereocenters. The van der Waals surface area contributed by atoms with Gasteiger partial charge in [-0.1, -0.05) is 18.2 Å². The molecule has 0 spiro atoms. The third-order valence-electron chi connectivity index (χ3n) is 2.46. The molecule has 0 aliphatic heterocycles. The highest BCUT2D eigenvalue weighted by atomic mass is 79.9. The number of carbonyl (C=O) groups is 1. The van der Waals surface area contributed by atoms with E-state index < -0.39 is 0 Å². The van der Waals surface area contributed by atoms with Crippen molar-refractivity contribution >= 4 is 27.5 Å². The van der Waals surface area contributed by atoms with Gasteiger partial charge in [0.2, 0.25) is 0 Å². The van der Waals surface area contributed by atoms with Gasteiger partial charge in [-0.05, 0) is 40.2 Å². The van der Waals surface area contributed by atoms with E-state index in [1.165, 1.54) is 0 Å². The van der Waals surface area contributed by atoms with Gasteiger partial charge < -0.3 is 10.1 Å². The molecule has 2 rings (SSSR count). The van der Waals surface area contributed by atoms with E-state index in [0.717, 1.165) is 4.47 Å². The van der Waals surface area contributed by atoms with E-state index in [1.807, 2.05) is 30.3 Å². The maximum atomic E-state index is 12.0. The lowest BCUT2D eigenvalue weighted by Crippen LogP contribution is -2.12. The van der Waals surface area contributed by atoms with E-state index in [-0.39, 0.29) is 5.91 Å². The summed E-state index contributed by atoms with van der Waals surface area (Å²) in [6.45, 7) is 0. The first-order valence-corrected chi connectivity index (χ1v) is 6.20. The van der Waals surface area contributed by atoms with Crippen LogP contribution >= 0.6 is 15.9 Å². The second-order valence-corrected chi connectivity index (χ2v) is 4.52. The van der Waals surface area contributed by atoms with Crippen molar-refractivity contribution in [2.45, 2.75) is 0 Å². The number of hydrogen-bond acceptors (Lipinski definition) is 2. The predicted molar refractivity (Wildman–Crippen MR) is 75.1 cm³/mol. The normalized spacial score (nSPS) is 9.89. The van der Waals surface area contributed by atoms with E-state index in [1.54, 1.807) is 25.3 Å². The molecule has 1 amide bonds. The molecule has 18 heavy (non-hydrogen) atoms. The SMILES string of the molecule is COc1ccc(Br)c(NC(=O)c2ccccc2)c1. The summed E-state index contributed by atoms with van der Waals surface area (Å²) in [5.41, 5.74) is 1.30. The maximum Gasteiger partial charge on any atom is 0.255 e. The number of nitrogens with one attached hydrogen (secondary N) is 1. The number of rotatable bonds is 3. The smallest absolute Gasteiger partial charge is 0.255 e. The molecule has 0 heterocycles. The Kier molecular flexibility index (Phi) is 3.99. The summed E-state index contributed by atoms with van der Waals surface area (Å²) in [6, 6.07) is 14.5. The number of halogens is 1. The Labute approximate surface area is 114 Å². The zero-order chi connectivity index (χ0) is 13.0. The van der Waals surface area contributed by atoms with E-state index >= 15 is 0 Å². The number of carbonyl (C=O) groups excluding carboxylic acids is 1. The summed E-state index contributed by atoms with van der Waals surface area (Å²) in [4.78, 5) is 12.0. The molecule has 0 radical (unpaired) electrons. The zero-order valence-electron chi connectivity index (χ0n) is 9.81. The molecule has 0 saturated heterocycles. The Morgan fingerprint density at radius 2 is 1.89 bits per heavy atom. The van der Waals surface area contributed by atoms with Gasteiger partial charge in [0.15, 0.2) is 0 Å². The summed E-state index contributed by atoms with van der Waals surface area (Å²) in [6.07, 6.45) is 0. The van der Waals surface area contributed by atoms with Gasteiger partial charge in [0.1, 0.15) is 5.75 Å². The van der Waals surface area contributed by atoms with Gasteiger partial charge in [-0.3, -0.25) is 4.79 Å². The highest BCUT2D eigenvalue weighted by Crippen LogP contribution is 2.27. The van der Waals surface area contributed by atoms with Crippen LogP contribution in [-0.4, -0.2) is 13.0 Å². The average Bonchev–Trinajstić information content (AvgIpc) is 2.42. The van der Waals surface area contributed by atoms with Crippen LogP contribution in [0.3, 0.4) is 0 Å². The highest BCUT2D eigenvalue weighted by Gasteiger charge is 2.08. The summed E-state index contributed by atoms with van der Waals surface area (Å²) in [5.74, 6) is 0.547. The van der Waals surface area contributed by atoms with Crippen LogP contribution in [0.4, 0.5) is 5.69 Å². The molecule has 3 nitrogen and oxygen atoms in total. The van der Waals surface area contributed by atoms with Crippen molar-refractivity contribution < 1.29 is 9.53 Å². The molecule has 0 fully saturated rings. The minimum Gasteiger partial charge on any atom is -0.497 e. The molecule has 4 heteroatoms. The maximum absolute atomic E-state index is 12.0. The Hall–Kier alpha value is -1.81. The van der Waals surface area contributed by atoms with Crippen molar-refractivity contribution in [3.63, 3.8) is 0 Å². The van der Waals surface area contributed by atoms with E-state index in [4.69, 9.17) is 4.74 Å². The lowest BCUT2D eigenvalue weighted by Gasteiger charge is -2.09. The largest absolute Gasteiger partial charge is 0.497 e. The van der Waals surface area contributed by atoms with Gasteiger partial charge in [-0.2, -0.15) is 0 Å². The van der Waals surface area contributed by atoms with Gasteiger partial charge in [0.05, 0.1) is 12.8 Å². The van der Waals surface area contributed by atoms with Gasteiger partial charge in [0, 0.05) is 16.1 Å². The third-order valence-corrected chi connectivity index (χ3v) is 3.15. The van der Waals surface area contributed by atoms with Crippen LogP contribution in [0.15, 0.2) is 53.0 Å². The summed E-state index contributed by atoms with van der Waals surface area (Å²) >= 11 is 3.39. The van der Waals surface area contributed by atoms with Crippen LogP contribution in [0.2, 0.25) is 0 Å². The standard InChI is InChI=1S/C14H12BrNO2/c1-18-11-7-8-12(15)13(9-11)16-14(17)10-5-3-2-4-6-10/h2-9H,1H3,(H,16,17). The Balaban J connectivity index is 2.21. The number of methoxy groups -OCH3 is 1. The van der Waals surface area contributed by atoms with E-state index in [9.17, 15) is 4.79 Å². The van der Waals surface area contributed by atoms with E-state index in [0.29, 0.717) is 17.0 Å². The zero-order valence-corrected chi connectivity index (χ0v) is 11.4. The van der Waals surface area contributed by atoms with Crippen molar-refractivity contribution in [1.29, 1.82) is 0 Å². The van der Waals surface area contributed by atoms with Crippen molar-refractivity contribution in [3.05, 3.63) is 58.6 Å². The fraction of sp³-hybridized carbons (Fsp3) is 0.0714. The predicted octanol–water partition coefficient (Wildman–Crippen LogP) is 3.71. The Bertz CT molecular complexity index is 555. The molecule has 0 saturated carbocycles. The minimum absolute atomic E-state index is 0.149. The van der Waals surface area contributed by atoms with Crippen LogP contribution in [0.25, 0.3) is 0 Å². The molecule has 2 aromatic carbocycles. The molecular weight excluding hydrogens is 294 g/mol. The molecule has 2 aromatic rings. The highest BCUT2D eigenvalue weighted by molar-refractivity contribution is 9.10. The molecule has 0 bridgehead atoms. The van der Waals surface area contributed by atoms with Crippen LogP contribution in [0, 0.1) is 0 Å². The fourth-order valence-electron chi connectivity index (χ4n) is 1.51. The number of amides is 1. The molecule has 0 aliphatic rings. The summed E-state index contributed by atoms with van der Waals surface area (Å²) < 4.78 is 5.94. The molecular formula is C14H12BrNO2. The lowest BCUT2D eigenvalue weighted by atomic mass is 10.2. The minimum atomic E-state index is -0.149. The number of hydrogen-bond donors (Lipinski definition) is 1. The lowest BCUT2D eigenvalue weighted by molar-refractivity contribution is 0.102. The fourth-order valence-corrected chi connectivity index (χ4v) is 1.86. The monoisotopic (exact) mass is 305 g/mol. The van der Waals surface area contributed by atoms with Crippen LogP contribution in [0.1, 0.15) is 10.4 Å². The quantitative estimate of drug-likeness (QED) is 0.939. The van der Waals surface area contributed by atoms with Crippen molar-refractivity contribution in [3.8, 4) is 5.75 Å². The summed E-state index contributed by atoms with van der Waals surface area (Å²) in [7, 11) is 1.59. The van der Waals surface area contributed by atoms with Crippen LogP contribution < -0.4 is 10.1 Å². The molecule has 0 unspecified atom stereocenters. The van der Waals surface area contributed by atoms with Crippen molar-refractivity contribution in [2.75, 3.05) is 12.4 Å². The van der Waals surface area contributed by atoms with E-state index in [2.05, 4.69) is 21.2 Å². The molecule has 0 aromatic heterocycles. The summed E-state index contributed by atoms with van der Waals surface area (Å²) in [5, 5.41) is 2.84. The van der Waals surface area contributed by atoms with Crippen LogP contribution in [-0.2, 0) is 0 Å². The second-order valence-electron chi connectivity index (χ2n) is 3.67. The first-order valence-electron chi connectivity index (χ1n) is 5.40. The molecule has 1 N–H and O–H groups in total. The number of benzene rings is 2. The molecule has 0 aliphatic carbocycles. The van der Waals surface area contributed by atoms with Crippen molar-refractivity contribution in [2.24, 2.45) is 0 Å². The van der Waals surface area contributed by atoms with Gasteiger partial charge >= 0.3 is 0 Å². The number of ether oxygens (including phenoxy) is 1. The Morgan fingerprint density at radius 1 is 1.17 bits per heavy atom. The van der Waals surface area contributed by atoms with Gasteiger partial charge in [-0.15, -0.1) is 0 Å². The van der Waals surface area contributed by atoms with Gasteiger partial charge in [-0.25, -0.2) is 0 Å². The second kappa shape index (κ2) is 5.69. The third kappa shape index (κ3) is 2.90. The van der Waals surface area contributed by atoms with Gasteiger partial charge in [0.25, 0.3) is 5.91 Å². The first kappa shape index (κ1) is 12.6. The topological polar surface area (TPSA) is 38.3 Å². The van der Waals surface area contributed by atoms with Crippen molar-refractivity contribution in [1.82, 2.24) is 0 Å². The first-order chi connectivity index (χ1) is 8.70. The van der Waals surface area contributed by atoms with Crippen LogP contribution in [0.5, 0.6) is 5.75 Å². The average molecular weight is 306 g/mol. The molecule has 92 valence electrons. The Morgan fingerprint density at radius 3 is 2.56 bits per heavy atom.